The summed E-state index contributed by atoms with van der Waals surface area (Å²) in [5.74, 6) is 0.546. The van der Waals surface area contributed by atoms with E-state index in [2.05, 4.69) is 5.32 Å². The van der Waals surface area contributed by atoms with Crippen molar-refractivity contribution in [2.45, 2.75) is 46.2 Å². The minimum Gasteiger partial charge on any atom is -0.497 e. The summed E-state index contributed by atoms with van der Waals surface area (Å²) in [6.07, 6.45) is 1.74. The summed E-state index contributed by atoms with van der Waals surface area (Å²) in [4.78, 5) is 28.0. The van der Waals surface area contributed by atoms with E-state index in [0.717, 1.165) is 22.7 Å². The zero-order valence-electron chi connectivity index (χ0n) is 21.7. The van der Waals surface area contributed by atoms with Crippen LogP contribution in [0.2, 0.25) is 0 Å². The Morgan fingerprint density at radius 1 is 1.08 bits per heavy atom. The molecule has 202 valence electrons. The van der Waals surface area contributed by atoms with Gasteiger partial charge in [-0.1, -0.05) is 25.5 Å². The second-order valence-corrected chi connectivity index (χ2v) is 10.8. The molecule has 1 atom stereocenters. The maximum absolute atomic E-state index is 13.7. The van der Waals surface area contributed by atoms with Crippen molar-refractivity contribution in [3.05, 3.63) is 48.0 Å². The molecule has 0 aromatic heterocycles. The summed E-state index contributed by atoms with van der Waals surface area (Å²) in [7, 11) is -2.27. The van der Waals surface area contributed by atoms with Crippen LogP contribution in [0, 0.1) is 0 Å². The van der Waals surface area contributed by atoms with Crippen LogP contribution in [-0.2, 0) is 26.2 Å². The first kappa shape index (κ1) is 28.1. The molecule has 1 N–H and O–H groups in total. The molecule has 0 saturated heterocycles. The van der Waals surface area contributed by atoms with Crippen molar-refractivity contribution >= 4 is 27.5 Å². The Kier molecular flexibility index (Phi) is 9.62. The Balaban J connectivity index is 1.90. The van der Waals surface area contributed by atoms with E-state index in [1.54, 1.807) is 50.4 Å². The van der Waals surface area contributed by atoms with Gasteiger partial charge in [0.05, 0.1) is 18.6 Å². The van der Waals surface area contributed by atoms with Gasteiger partial charge < -0.3 is 24.4 Å². The zero-order valence-corrected chi connectivity index (χ0v) is 22.5. The van der Waals surface area contributed by atoms with Crippen molar-refractivity contribution in [1.29, 1.82) is 0 Å². The van der Waals surface area contributed by atoms with Crippen molar-refractivity contribution in [2.24, 2.45) is 0 Å². The largest absolute Gasteiger partial charge is 0.497 e. The second kappa shape index (κ2) is 12.7. The summed E-state index contributed by atoms with van der Waals surface area (Å²) >= 11 is 0. The molecule has 0 spiro atoms. The Bertz CT molecular complexity index is 1190. The third-order valence-electron chi connectivity index (χ3n) is 6.13. The first-order chi connectivity index (χ1) is 17.7. The molecule has 1 aliphatic rings. The maximum Gasteiger partial charge on any atom is 0.244 e. The van der Waals surface area contributed by atoms with E-state index in [9.17, 15) is 18.0 Å². The molecule has 0 aliphatic carbocycles. The van der Waals surface area contributed by atoms with Crippen molar-refractivity contribution in [3.8, 4) is 17.2 Å². The lowest BCUT2D eigenvalue weighted by atomic mass is 10.1. The van der Waals surface area contributed by atoms with Crippen LogP contribution in [0.3, 0.4) is 0 Å². The summed E-state index contributed by atoms with van der Waals surface area (Å²) in [5.41, 5.74) is 1.05. The number of carbonyl (C=O) groups excluding carboxylic acids is 2. The van der Waals surface area contributed by atoms with Crippen LogP contribution in [0.4, 0.5) is 5.69 Å². The van der Waals surface area contributed by atoms with E-state index in [1.807, 2.05) is 6.92 Å². The standard InChI is InChI=1S/C26H35N3O7S/c1-5-7-14-27-26(31)19(3)28(16-20-8-11-22(34-4)12-9-20)25(30)17-29(37(32,33)6-2)21-10-13-23-24(15-21)36-18-35-23/h8-13,15,19H,5-7,14,16-18H2,1-4H3,(H,27,31)/t19-/m0/s1. The number of rotatable bonds is 13. The monoisotopic (exact) mass is 533 g/mol. The summed E-state index contributed by atoms with van der Waals surface area (Å²) in [5, 5.41) is 2.86. The molecule has 0 saturated carbocycles. The van der Waals surface area contributed by atoms with Gasteiger partial charge >= 0.3 is 0 Å². The van der Waals surface area contributed by atoms with Gasteiger partial charge in [0.15, 0.2) is 11.5 Å². The highest BCUT2D eigenvalue weighted by Gasteiger charge is 2.31. The normalized spacial score (nSPS) is 13.1. The number of hydrogen-bond donors (Lipinski definition) is 1. The van der Waals surface area contributed by atoms with Crippen molar-refractivity contribution < 1.29 is 32.2 Å². The molecule has 1 aliphatic heterocycles. The number of anilines is 1. The first-order valence-corrected chi connectivity index (χ1v) is 13.9. The fraction of sp³-hybridized carbons (Fsp3) is 0.462. The van der Waals surface area contributed by atoms with Crippen molar-refractivity contribution in [3.63, 3.8) is 0 Å². The number of hydrogen-bond acceptors (Lipinski definition) is 7. The van der Waals surface area contributed by atoms with Gasteiger partial charge in [0.2, 0.25) is 28.6 Å². The Labute approximate surface area is 218 Å². The van der Waals surface area contributed by atoms with Gasteiger partial charge in [0, 0.05) is 19.2 Å². The molecule has 0 unspecified atom stereocenters. The number of benzene rings is 2. The Morgan fingerprint density at radius 2 is 1.78 bits per heavy atom. The predicted molar refractivity (Wildman–Crippen MR) is 140 cm³/mol. The van der Waals surface area contributed by atoms with E-state index in [0.29, 0.717) is 23.8 Å². The zero-order chi connectivity index (χ0) is 27.0. The maximum atomic E-state index is 13.7. The third kappa shape index (κ3) is 7.06. The van der Waals surface area contributed by atoms with Gasteiger partial charge in [0.25, 0.3) is 0 Å². The van der Waals surface area contributed by atoms with Crippen LogP contribution in [0.25, 0.3) is 0 Å². The topological polar surface area (TPSA) is 114 Å². The van der Waals surface area contributed by atoms with E-state index in [4.69, 9.17) is 14.2 Å². The number of fused-ring (bicyclic) bond motifs is 1. The lowest BCUT2D eigenvalue weighted by molar-refractivity contribution is -0.139. The minimum atomic E-state index is -3.83. The first-order valence-electron chi connectivity index (χ1n) is 12.3. The molecule has 1 heterocycles. The van der Waals surface area contributed by atoms with E-state index in [-0.39, 0.29) is 30.7 Å². The number of nitrogens with one attached hydrogen (secondary N) is 1. The van der Waals surface area contributed by atoms with Gasteiger partial charge in [-0.3, -0.25) is 13.9 Å². The van der Waals surface area contributed by atoms with E-state index >= 15 is 0 Å². The third-order valence-corrected chi connectivity index (χ3v) is 7.87. The van der Waals surface area contributed by atoms with Gasteiger partial charge in [-0.15, -0.1) is 0 Å². The Hall–Kier alpha value is -3.47. The van der Waals surface area contributed by atoms with Crippen LogP contribution < -0.4 is 23.8 Å². The molecule has 2 aromatic rings. The number of unbranched alkanes of at least 4 members (excludes halogenated alkanes) is 1. The fourth-order valence-electron chi connectivity index (χ4n) is 3.81. The highest BCUT2D eigenvalue weighted by Crippen LogP contribution is 2.36. The number of amides is 2. The molecule has 0 fully saturated rings. The number of sulfonamides is 1. The summed E-state index contributed by atoms with van der Waals surface area (Å²) in [6.45, 7) is 5.36. The lowest BCUT2D eigenvalue weighted by Gasteiger charge is -2.32. The van der Waals surface area contributed by atoms with Gasteiger partial charge in [-0.25, -0.2) is 8.42 Å². The molecule has 2 aromatic carbocycles. The molecular weight excluding hydrogens is 498 g/mol. The quantitative estimate of drug-likeness (QED) is 0.394. The number of carbonyl (C=O) groups is 2. The van der Waals surface area contributed by atoms with E-state index < -0.39 is 28.5 Å². The Morgan fingerprint density at radius 3 is 2.43 bits per heavy atom. The van der Waals surface area contributed by atoms with Crippen LogP contribution >= 0.6 is 0 Å². The number of ether oxygens (including phenoxy) is 3. The van der Waals surface area contributed by atoms with Crippen LogP contribution in [0.5, 0.6) is 17.2 Å². The summed E-state index contributed by atoms with van der Waals surface area (Å²) < 4.78 is 43.1. The van der Waals surface area contributed by atoms with Crippen molar-refractivity contribution in [1.82, 2.24) is 10.2 Å². The van der Waals surface area contributed by atoms with Crippen LogP contribution in [-0.4, -0.2) is 63.9 Å². The lowest BCUT2D eigenvalue weighted by Crippen LogP contribution is -2.51. The molecule has 0 bridgehead atoms. The average molecular weight is 534 g/mol. The SMILES string of the molecule is CCCCNC(=O)[C@H](C)N(Cc1ccc(OC)cc1)C(=O)CN(c1ccc2c(c1)OCO2)S(=O)(=O)CC. The summed E-state index contributed by atoms with van der Waals surface area (Å²) in [6, 6.07) is 11.0. The van der Waals surface area contributed by atoms with Crippen molar-refractivity contribution in [2.75, 3.05) is 37.1 Å². The predicted octanol–water partition coefficient (Wildman–Crippen LogP) is 2.91. The van der Waals surface area contributed by atoms with Crippen LogP contribution in [0.15, 0.2) is 42.5 Å². The highest BCUT2D eigenvalue weighted by molar-refractivity contribution is 7.92. The smallest absolute Gasteiger partial charge is 0.244 e. The fourth-order valence-corrected chi connectivity index (χ4v) is 4.86. The van der Waals surface area contributed by atoms with E-state index in [1.165, 1.54) is 17.9 Å². The highest BCUT2D eigenvalue weighted by atomic mass is 32.2. The molecule has 2 amide bonds. The molecule has 0 radical (unpaired) electrons. The molecule has 11 heteroatoms. The van der Waals surface area contributed by atoms with Crippen LogP contribution in [0.1, 0.15) is 39.2 Å². The molecule has 37 heavy (non-hydrogen) atoms. The average Bonchev–Trinajstić information content (AvgIpc) is 3.38. The molecule has 3 rings (SSSR count). The second-order valence-electron chi connectivity index (χ2n) is 8.64. The number of methoxy groups -OCH3 is 1. The van der Waals surface area contributed by atoms with Gasteiger partial charge in [0.1, 0.15) is 18.3 Å². The van der Waals surface area contributed by atoms with Gasteiger partial charge in [-0.2, -0.15) is 0 Å². The number of nitrogens with zero attached hydrogens (tertiary/aromatic N) is 2. The molecular formula is C26H35N3O7S. The minimum absolute atomic E-state index is 0.0402. The molecule has 10 nitrogen and oxygen atoms in total. The van der Waals surface area contributed by atoms with Gasteiger partial charge in [-0.05, 0) is 50.1 Å².